The van der Waals surface area contributed by atoms with Gasteiger partial charge in [0.05, 0.1) is 0 Å². The molecule has 1 atom stereocenters. The van der Waals surface area contributed by atoms with Crippen molar-refractivity contribution in [3.8, 4) is 0 Å². The van der Waals surface area contributed by atoms with E-state index >= 15 is 0 Å². The van der Waals surface area contributed by atoms with Crippen LogP contribution in [0.4, 0.5) is 0 Å². The zero-order chi connectivity index (χ0) is 7.61. The second-order valence-electron chi connectivity index (χ2n) is 2.59. The van der Waals surface area contributed by atoms with Crippen molar-refractivity contribution in [1.29, 1.82) is 0 Å². The fourth-order valence-corrected chi connectivity index (χ4v) is 1.01. The van der Waals surface area contributed by atoms with Gasteiger partial charge in [0.2, 0.25) is 0 Å². The van der Waals surface area contributed by atoms with Crippen molar-refractivity contribution in [2.45, 2.75) is 19.0 Å². The third-order valence-corrected chi connectivity index (χ3v) is 1.84. The minimum absolute atomic E-state index is 0.491. The molecule has 1 unspecified atom stereocenters. The van der Waals surface area contributed by atoms with Crippen LogP contribution in [0.1, 0.15) is 13.3 Å². The number of hydrogen-bond donors (Lipinski definition) is 2. The molecule has 4 N–H and O–H groups in total. The Morgan fingerprint density at radius 2 is 2.40 bits per heavy atom. The van der Waals surface area contributed by atoms with Crippen LogP contribution in [0.3, 0.4) is 0 Å². The Hall–Kier alpha value is -0.670. The molecule has 1 heterocycles. The number of nitrogens with two attached hydrogens (primary N) is 2. The number of rotatable bonds is 2. The van der Waals surface area contributed by atoms with E-state index in [4.69, 9.17) is 11.5 Å². The zero-order valence-corrected chi connectivity index (χ0v) is 6.17. The summed E-state index contributed by atoms with van der Waals surface area (Å²) in [6.45, 7) is 2.56. The van der Waals surface area contributed by atoms with Crippen LogP contribution in [0.15, 0.2) is 16.6 Å². The zero-order valence-electron chi connectivity index (χ0n) is 6.17. The average Bonchev–Trinajstić information content (AvgIpc) is 2.15. The fourth-order valence-electron chi connectivity index (χ4n) is 1.01. The predicted octanol–water partition coefficient (Wildman–Crippen LogP) is 0.0209. The normalized spacial score (nSPS) is 30.9. The predicted molar refractivity (Wildman–Crippen MR) is 42.8 cm³/mol. The molecule has 0 fully saturated rings. The van der Waals surface area contributed by atoms with Crippen LogP contribution in [-0.2, 0) is 0 Å². The molecule has 0 aromatic rings. The Morgan fingerprint density at radius 3 is 2.80 bits per heavy atom. The molecule has 10 heavy (non-hydrogen) atoms. The van der Waals surface area contributed by atoms with Gasteiger partial charge >= 0.3 is 0 Å². The molecule has 1 aliphatic heterocycles. The maximum absolute atomic E-state index is 5.87. The third-order valence-electron chi connectivity index (χ3n) is 1.84. The summed E-state index contributed by atoms with van der Waals surface area (Å²) >= 11 is 0. The molecule has 0 saturated carbocycles. The smallest absolute Gasteiger partial charge is 0.131 e. The molecule has 56 valence electrons. The summed E-state index contributed by atoms with van der Waals surface area (Å²) in [5.41, 5.74) is 11.8. The fraction of sp³-hybridized carbons (Fsp3) is 0.571. The van der Waals surface area contributed by atoms with E-state index in [1.54, 1.807) is 6.21 Å². The highest BCUT2D eigenvalue weighted by Gasteiger charge is 2.26. The van der Waals surface area contributed by atoms with Gasteiger partial charge in [-0.25, -0.2) is 0 Å². The first-order valence-corrected chi connectivity index (χ1v) is 3.40. The first-order chi connectivity index (χ1) is 4.69. The average molecular weight is 139 g/mol. The quantitative estimate of drug-likeness (QED) is 0.566. The minimum atomic E-state index is -0.491. The van der Waals surface area contributed by atoms with Gasteiger partial charge in [-0.15, -0.1) is 0 Å². The van der Waals surface area contributed by atoms with Gasteiger partial charge in [0.25, 0.3) is 0 Å². The van der Waals surface area contributed by atoms with Gasteiger partial charge in [-0.05, 0) is 25.1 Å². The molecule has 3 nitrogen and oxygen atoms in total. The van der Waals surface area contributed by atoms with E-state index in [-0.39, 0.29) is 0 Å². The number of nitrogens with zero attached hydrogens (tertiary/aromatic N) is 1. The molecular formula is C7H13N3. The SMILES string of the molecule is CC1=CC=NC1(N)CCN. The highest BCUT2D eigenvalue weighted by atomic mass is 15.0. The maximum Gasteiger partial charge on any atom is 0.131 e. The Balaban J connectivity index is 2.69. The Bertz CT molecular complexity index is 183. The summed E-state index contributed by atoms with van der Waals surface area (Å²) in [6.07, 6.45) is 4.40. The Labute approximate surface area is 60.8 Å². The van der Waals surface area contributed by atoms with E-state index in [1.165, 1.54) is 0 Å². The van der Waals surface area contributed by atoms with Crippen LogP contribution in [0.25, 0.3) is 0 Å². The summed E-state index contributed by atoms with van der Waals surface area (Å²) in [5, 5.41) is 0. The van der Waals surface area contributed by atoms with Crippen LogP contribution in [-0.4, -0.2) is 18.4 Å². The maximum atomic E-state index is 5.87. The van der Waals surface area contributed by atoms with Crippen molar-refractivity contribution in [1.82, 2.24) is 0 Å². The van der Waals surface area contributed by atoms with Crippen molar-refractivity contribution in [2.24, 2.45) is 16.5 Å². The van der Waals surface area contributed by atoms with Gasteiger partial charge in [-0.1, -0.05) is 0 Å². The van der Waals surface area contributed by atoms with E-state index in [0.717, 1.165) is 12.0 Å². The minimum Gasteiger partial charge on any atom is -0.330 e. The largest absolute Gasteiger partial charge is 0.330 e. The molecule has 0 aromatic carbocycles. The van der Waals surface area contributed by atoms with E-state index in [2.05, 4.69) is 4.99 Å². The van der Waals surface area contributed by atoms with E-state index in [1.807, 2.05) is 13.0 Å². The Morgan fingerprint density at radius 1 is 1.70 bits per heavy atom. The lowest BCUT2D eigenvalue weighted by Gasteiger charge is -2.21. The molecule has 0 saturated heterocycles. The first-order valence-electron chi connectivity index (χ1n) is 3.40. The van der Waals surface area contributed by atoms with Gasteiger partial charge in [0, 0.05) is 12.6 Å². The van der Waals surface area contributed by atoms with E-state index in [9.17, 15) is 0 Å². The van der Waals surface area contributed by atoms with Gasteiger partial charge in [-0.3, -0.25) is 4.99 Å². The molecule has 0 bridgehead atoms. The van der Waals surface area contributed by atoms with Crippen LogP contribution in [0.2, 0.25) is 0 Å². The van der Waals surface area contributed by atoms with E-state index < -0.39 is 5.66 Å². The molecule has 3 heteroatoms. The lowest BCUT2D eigenvalue weighted by molar-refractivity contribution is 0.498. The summed E-state index contributed by atoms with van der Waals surface area (Å²) in [4.78, 5) is 4.12. The molecular weight excluding hydrogens is 126 g/mol. The summed E-state index contributed by atoms with van der Waals surface area (Å²) < 4.78 is 0. The van der Waals surface area contributed by atoms with Crippen molar-refractivity contribution in [2.75, 3.05) is 6.54 Å². The second kappa shape index (κ2) is 2.52. The number of aliphatic imine (C=N–C) groups is 1. The molecule has 0 amide bonds. The third kappa shape index (κ3) is 1.10. The molecule has 0 aliphatic carbocycles. The monoisotopic (exact) mass is 139 g/mol. The van der Waals surface area contributed by atoms with Crippen molar-refractivity contribution >= 4 is 6.21 Å². The number of allylic oxidation sites excluding steroid dienone is 1. The van der Waals surface area contributed by atoms with Crippen LogP contribution in [0, 0.1) is 0 Å². The van der Waals surface area contributed by atoms with Gasteiger partial charge < -0.3 is 11.5 Å². The lowest BCUT2D eigenvalue weighted by Crippen LogP contribution is -2.39. The Kier molecular flexibility index (Phi) is 1.87. The van der Waals surface area contributed by atoms with E-state index in [0.29, 0.717) is 6.54 Å². The highest BCUT2D eigenvalue weighted by molar-refractivity contribution is 5.76. The standard InChI is InChI=1S/C7H13N3/c1-6-2-5-10-7(6,9)3-4-8/h2,5H,3-4,8-9H2,1H3. The highest BCUT2D eigenvalue weighted by Crippen LogP contribution is 2.21. The summed E-state index contributed by atoms with van der Waals surface area (Å²) in [7, 11) is 0. The molecule has 1 aliphatic rings. The summed E-state index contributed by atoms with van der Waals surface area (Å²) in [5.74, 6) is 0. The second-order valence-corrected chi connectivity index (χ2v) is 2.59. The topological polar surface area (TPSA) is 64.4 Å². The molecule has 1 rings (SSSR count). The molecule has 0 aromatic heterocycles. The first kappa shape index (κ1) is 7.44. The van der Waals surface area contributed by atoms with Crippen LogP contribution in [0.5, 0.6) is 0 Å². The van der Waals surface area contributed by atoms with Gasteiger partial charge in [0.15, 0.2) is 0 Å². The van der Waals surface area contributed by atoms with Crippen molar-refractivity contribution in [3.63, 3.8) is 0 Å². The summed E-state index contributed by atoms with van der Waals surface area (Å²) in [6, 6.07) is 0. The lowest BCUT2D eigenvalue weighted by atomic mass is 10.0. The van der Waals surface area contributed by atoms with Gasteiger partial charge in [0.1, 0.15) is 5.66 Å². The van der Waals surface area contributed by atoms with Crippen molar-refractivity contribution in [3.05, 3.63) is 11.6 Å². The van der Waals surface area contributed by atoms with Crippen LogP contribution < -0.4 is 11.5 Å². The van der Waals surface area contributed by atoms with Crippen LogP contribution >= 0.6 is 0 Å². The van der Waals surface area contributed by atoms with Crippen molar-refractivity contribution < 1.29 is 0 Å². The van der Waals surface area contributed by atoms with Gasteiger partial charge in [-0.2, -0.15) is 0 Å². The molecule has 0 radical (unpaired) electrons. The molecule has 0 spiro atoms. The number of hydrogen-bond acceptors (Lipinski definition) is 3.